The molecule has 3 N–H and O–H groups in total. The van der Waals surface area contributed by atoms with Gasteiger partial charge in [0.05, 0.1) is 6.10 Å². The Hall–Kier alpha value is -0.820. The van der Waals surface area contributed by atoms with Gasteiger partial charge >= 0.3 is 12.1 Å². The molecule has 4 nitrogen and oxygen atoms in total. The minimum atomic E-state index is -5.08. The van der Waals surface area contributed by atoms with Gasteiger partial charge < -0.3 is 15.5 Å². The molecule has 0 aliphatic carbocycles. The lowest BCUT2D eigenvalue weighted by Gasteiger charge is -2.09. The fourth-order valence-corrected chi connectivity index (χ4v) is 1.09. The van der Waals surface area contributed by atoms with Gasteiger partial charge in [-0.2, -0.15) is 13.2 Å². The fraction of sp³-hybridized carbons (Fsp3) is 0.875. The first-order chi connectivity index (χ1) is 6.75. The number of carboxylic acid groups (broad SMARTS) is 1. The van der Waals surface area contributed by atoms with Gasteiger partial charge in [0.15, 0.2) is 0 Å². The summed E-state index contributed by atoms with van der Waals surface area (Å²) in [5.74, 6) is -2.25. The van der Waals surface area contributed by atoms with E-state index in [1.165, 1.54) is 0 Å². The third-order valence-electron chi connectivity index (χ3n) is 2.02. The van der Waals surface area contributed by atoms with Crippen molar-refractivity contribution in [3.8, 4) is 0 Å². The maximum absolute atomic E-state index is 10.6. The molecule has 0 radical (unpaired) electrons. The van der Waals surface area contributed by atoms with Crippen LogP contribution < -0.4 is 5.32 Å². The molecule has 0 aromatic carbocycles. The van der Waals surface area contributed by atoms with Crippen molar-refractivity contribution in [2.75, 3.05) is 13.1 Å². The molecule has 2 atom stereocenters. The number of hydrogen-bond acceptors (Lipinski definition) is 3. The Morgan fingerprint density at radius 1 is 1.53 bits per heavy atom. The van der Waals surface area contributed by atoms with Crippen molar-refractivity contribution in [1.29, 1.82) is 0 Å². The maximum Gasteiger partial charge on any atom is 0.490 e. The van der Waals surface area contributed by atoms with Gasteiger partial charge in [-0.15, -0.1) is 0 Å². The Morgan fingerprint density at radius 3 is 2.13 bits per heavy atom. The van der Waals surface area contributed by atoms with Crippen LogP contribution in [0.15, 0.2) is 0 Å². The highest BCUT2D eigenvalue weighted by molar-refractivity contribution is 5.73. The molecule has 0 unspecified atom stereocenters. The van der Waals surface area contributed by atoms with Crippen LogP contribution in [-0.2, 0) is 4.79 Å². The van der Waals surface area contributed by atoms with E-state index in [0.717, 1.165) is 19.5 Å². The number of nitrogens with one attached hydrogen (secondary N) is 1. The number of carboxylic acids is 1. The summed E-state index contributed by atoms with van der Waals surface area (Å²) in [5.41, 5.74) is 0. The van der Waals surface area contributed by atoms with Gasteiger partial charge in [-0.05, 0) is 25.8 Å². The number of aliphatic hydroxyl groups excluding tert-OH is 1. The van der Waals surface area contributed by atoms with Crippen LogP contribution in [-0.4, -0.2) is 41.6 Å². The number of alkyl halides is 3. The molecule has 0 bridgehead atoms. The predicted octanol–water partition coefficient (Wildman–Crippen LogP) is 0.610. The average molecular weight is 229 g/mol. The highest BCUT2D eigenvalue weighted by Crippen LogP contribution is 2.13. The standard InChI is InChI=1S/C6H13NO.C2HF3O2/c1-5(8)6-2-3-7-4-6;3-2(4,5)1(6)7/h5-8H,2-4H2,1H3;(H,6,7)/t5-,6+;/m1./s1. The van der Waals surface area contributed by atoms with E-state index in [9.17, 15) is 13.2 Å². The normalized spacial score (nSPS) is 22.9. The summed E-state index contributed by atoms with van der Waals surface area (Å²) in [7, 11) is 0. The third kappa shape index (κ3) is 6.29. The lowest BCUT2D eigenvalue weighted by atomic mass is 10.0. The molecule has 90 valence electrons. The average Bonchev–Trinajstić information content (AvgIpc) is 2.54. The summed E-state index contributed by atoms with van der Waals surface area (Å²) in [6.45, 7) is 3.94. The molecule has 0 aromatic heterocycles. The van der Waals surface area contributed by atoms with Crippen LogP contribution >= 0.6 is 0 Å². The van der Waals surface area contributed by atoms with Gasteiger partial charge in [0.2, 0.25) is 0 Å². The molecule has 0 amide bonds. The number of halogens is 3. The first kappa shape index (κ1) is 14.2. The van der Waals surface area contributed by atoms with E-state index in [-0.39, 0.29) is 6.10 Å². The van der Waals surface area contributed by atoms with E-state index in [2.05, 4.69) is 5.32 Å². The van der Waals surface area contributed by atoms with Gasteiger partial charge in [0, 0.05) is 6.54 Å². The van der Waals surface area contributed by atoms with Crippen molar-refractivity contribution in [2.45, 2.75) is 25.6 Å². The van der Waals surface area contributed by atoms with E-state index in [4.69, 9.17) is 15.0 Å². The van der Waals surface area contributed by atoms with E-state index in [0.29, 0.717) is 5.92 Å². The number of carbonyl (C=O) groups is 1. The van der Waals surface area contributed by atoms with E-state index in [1.54, 1.807) is 0 Å². The van der Waals surface area contributed by atoms with Crippen molar-refractivity contribution < 1.29 is 28.2 Å². The summed E-state index contributed by atoms with van der Waals surface area (Å²) in [6.07, 6.45) is -4.07. The maximum atomic E-state index is 10.6. The zero-order valence-corrected chi connectivity index (χ0v) is 8.21. The molecular weight excluding hydrogens is 215 g/mol. The Labute approximate surface area is 85.1 Å². The quantitative estimate of drug-likeness (QED) is 0.616. The third-order valence-corrected chi connectivity index (χ3v) is 2.02. The van der Waals surface area contributed by atoms with Crippen LogP contribution in [0.2, 0.25) is 0 Å². The molecule has 0 aromatic rings. The fourth-order valence-electron chi connectivity index (χ4n) is 1.09. The molecule has 1 aliphatic heterocycles. The second kappa shape index (κ2) is 5.92. The molecule has 1 rings (SSSR count). The molecular formula is C8H14F3NO3. The summed E-state index contributed by atoms with van der Waals surface area (Å²) >= 11 is 0. The number of hydrogen-bond donors (Lipinski definition) is 3. The minimum Gasteiger partial charge on any atom is -0.475 e. The Kier molecular flexibility index (Phi) is 5.59. The molecule has 1 heterocycles. The van der Waals surface area contributed by atoms with Crippen LogP contribution in [0.3, 0.4) is 0 Å². The summed E-state index contributed by atoms with van der Waals surface area (Å²) in [5, 5.41) is 19.3. The van der Waals surface area contributed by atoms with Crippen LogP contribution in [0.5, 0.6) is 0 Å². The van der Waals surface area contributed by atoms with Crippen LogP contribution in [0.1, 0.15) is 13.3 Å². The predicted molar refractivity (Wildman–Crippen MR) is 46.3 cm³/mol. The van der Waals surface area contributed by atoms with Gasteiger partial charge in [0.25, 0.3) is 0 Å². The second-order valence-corrected chi connectivity index (χ2v) is 3.30. The monoisotopic (exact) mass is 229 g/mol. The first-order valence-electron chi connectivity index (χ1n) is 4.44. The van der Waals surface area contributed by atoms with E-state index >= 15 is 0 Å². The van der Waals surface area contributed by atoms with E-state index in [1.807, 2.05) is 6.92 Å². The highest BCUT2D eigenvalue weighted by atomic mass is 19.4. The van der Waals surface area contributed by atoms with Gasteiger partial charge in [-0.25, -0.2) is 4.79 Å². The molecule has 0 spiro atoms. The molecule has 0 saturated carbocycles. The number of aliphatic carboxylic acids is 1. The van der Waals surface area contributed by atoms with Crippen molar-refractivity contribution in [3.05, 3.63) is 0 Å². The van der Waals surface area contributed by atoms with E-state index < -0.39 is 12.1 Å². The molecule has 15 heavy (non-hydrogen) atoms. The van der Waals surface area contributed by atoms with Crippen molar-refractivity contribution in [3.63, 3.8) is 0 Å². The van der Waals surface area contributed by atoms with Crippen molar-refractivity contribution in [1.82, 2.24) is 5.32 Å². The van der Waals surface area contributed by atoms with Gasteiger partial charge in [-0.1, -0.05) is 0 Å². The van der Waals surface area contributed by atoms with Crippen LogP contribution in [0.4, 0.5) is 13.2 Å². The molecule has 1 aliphatic rings. The molecule has 1 fully saturated rings. The molecule has 7 heteroatoms. The number of aliphatic hydroxyl groups is 1. The summed E-state index contributed by atoms with van der Waals surface area (Å²) < 4.78 is 31.7. The smallest absolute Gasteiger partial charge is 0.475 e. The Bertz CT molecular complexity index is 200. The number of rotatable bonds is 1. The first-order valence-corrected chi connectivity index (χ1v) is 4.44. The summed E-state index contributed by atoms with van der Waals surface area (Å²) in [6, 6.07) is 0. The van der Waals surface area contributed by atoms with Gasteiger partial charge in [0.1, 0.15) is 0 Å². The topological polar surface area (TPSA) is 69.6 Å². The SMILES string of the molecule is C[C@@H](O)[C@H]1CCNC1.O=C(O)C(F)(F)F. The second-order valence-electron chi connectivity index (χ2n) is 3.30. The summed E-state index contributed by atoms with van der Waals surface area (Å²) in [4.78, 5) is 8.90. The largest absolute Gasteiger partial charge is 0.490 e. The lowest BCUT2D eigenvalue weighted by molar-refractivity contribution is -0.192. The minimum absolute atomic E-state index is 0.120. The van der Waals surface area contributed by atoms with Crippen LogP contribution in [0.25, 0.3) is 0 Å². The lowest BCUT2D eigenvalue weighted by Crippen LogP contribution is -2.21. The van der Waals surface area contributed by atoms with Crippen molar-refractivity contribution >= 4 is 5.97 Å². The molecule has 1 saturated heterocycles. The Morgan fingerprint density at radius 2 is 2.00 bits per heavy atom. The zero-order valence-electron chi connectivity index (χ0n) is 8.21. The highest BCUT2D eigenvalue weighted by Gasteiger charge is 2.38. The Balaban J connectivity index is 0.000000265. The van der Waals surface area contributed by atoms with Gasteiger partial charge in [-0.3, -0.25) is 0 Å². The zero-order chi connectivity index (χ0) is 12.1. The van der Waals surface area contributed by atoms with Crippen LogP contribution in [0, 0.1) is 5.92 Å². The van der Waals surface area contributed by atoms with Crippen molar-refractivity contribution in [2.24, 2.45) is 5.92 Å².